The van der Waals surface area contributed by atoms with Gasteiger partial charge in [-0.05, 0) is 29.7 Å². The van der Waals surface area contributed by atoms with Crippen molar-refractivity contribution >= 4 is 5.91 Å². The zero-order chi connectivity index (χ0) is 10.1. The van der Waals surface area contributed by atoms with Gasteiger partial charge in [-0.15, -0.1) is 0 Å². The van der Waals surface area contributed by atoms with Crippen LogP contribution in [0.5, 0.6) is 0 Å². The number of rotatable bonds is 0. The molecule has 74 valence electrons. The molecule has 4 atom stereocenters. The van der Waals surface area contributed by atoms with Gasteiger partial charge in [0.25, 0.3) is 0 Å². The largest absolute Gasteiger partial charge is 0.344 e. The normalized spacial score (nSPS) is 53.9. The quantitative estimate of drug-likeness (QED) is 0.577. The van der Waals surface area contributed by atoms with Crippen LogP contribution < -0.4 is 5.32 Å². The van der Waals surface area contributed by atoms with Gasteiger partial charge in [0, 0.05) is 6.42 Å². The van der Waals surface area contributed by atoms with Gasteiger partial charge in [-0.25, -0.2) is 0 Å². The van der Waals surface area contributed by atoms with Crippen LogP contribution in [0.25, 0.3) is 0 Å². The lowest BCUT2D eigenvalue weighted by molar-refractivity contribution is -0.123. The Morgan fingerprint density at radius 2 is 2.29 bits per heavy atom. The molecule has 0 radical (unpaired) electrons. The molecule has 1 aliphatic heterocycles. The molecular weight excluding hydrogens is 174 g/mol. The Bertz CT molecular complexity index is 384. The second-order valence-corrected chi connectivity index (χ2v) is 5.32. The van der Waals surface area contributed by atoms with Crippen molar-refractivity contribution < 1.29 is 4.79 Å². The first-order valence-corrected chi connectivity index (χ1v) is 5.17. The number of hydrogen-bond donors (Lipinski definition) is 1. The van der Waals surface area contributed by atoms with E-state index in [4.69, 9.17) is 0 Å². The fraction of sp³-hybridized carbons (Fsp3) is 0.583. The van der Waals surface area contributed by atoms with E-state index >= 15 is 0 Å². The second-order valence-electron chi connectivity index (χ2n) is 5.32. The lowest BCUT2D eigenvalue weighted by atomic mass is 9.85. The van der Waals surface area contributed by atoms with Crippen molar-refractivity contribution in [2.75, 3.05) is 0 Å². The lowest BCUT2D eigenvalue weighted by Crippen LogP contribution is -2.46. The summed E-state index contributed by atoms with van der Waals surface area (Å²) in [6.45, 7) is 8.41. The minimum absolute atomic E-state index is 0.159. The van der Waals surface area contributed by atoms with Crippen molar-refractivity contribution in [3.05, 3.63) is 24.3 Å². The van der Waals surface area contributed by atoms with Crippen LogP contribution in [0.4, 0.5) is 0 Å². The zero-order valence-electron chi connectivity index (χ0n) is 8.63. The number of carbonyl (C=O) groups excluding carboxylic acids is 1. The van der Waals surface area contributed by atoms with Crippen LogP contribution in [0, 0.1) is 17.3 Å². The van der Waals surface area contributed by atoms with Gasteiger partial charge in [0.15, 0.2) is 0 Å². The predicted octanol–water partition coefficient (Wildman–Crippen LogP) is 1.64. The van der Waals surface area contributed by atoms with Gasteiger partial charge in [-0.1, -0.05) is 25.7 Å². The van der Waals surface area contributed by atoms with Gasteiger partial charge in [0.1, 0.15) is 0 Å². The third-order valence-electron chi connectivity index (χ3n) is 4.34. The molecule has 2 fully saturated rings. The summed E-state index contributed by atoms with van der Waals surface area (Å²) in [5.74, 6) is 1.26. The summed E-state index contributed by atoms with van der Waals surface area (Å²) in [5, 5.41) is 3.05. The van der Waals surface area contributed by atoms with Gasteiger partial charge >= 0.3 is 0 Å². The molecule has 2 bridgehead atoms. The van der Waals surface area contributed by atoms with Crippen LogP contribution in [0.15, 0.2) is 24.3 Å². The van der Waals surface area contributed by atoms with E-state index in [2.05, 4.69) is 31.0 Å². The fourth-order valence-corrected chi connectivity index (χ4v) is 3.30. The standard InChI is InChI=1S/C12H15NO/c1-7-10-8-4-5-12(7,3)13-9(14)6-11(8,10)2/h4-5,8,10H,1,6H2,2-3H3,(H,13,14)/t8?,10?,11-,12+/m1/s1. The summed E-state index contributed by atoms with van der Waals surface area (Å²) in [7, 11) is 0. The maximum Gasteiger partial charge on any atom is 0.221 e. The Morgan fingerprint density at radius 3 is 3.00 bits per heavy atom. The Balaban J connectivity index is 2.16. The highest BCUT2D eigenvalue weighted by atomic mass is 16.1. The first kappa shape index (κ1) is 8.27. The molecule has 1 amide bonds. The topological polar surface area (TPSA) is 29.1 Å². The summed E-state index contributed by atoms with van der Waals surface area (Å²) in [6, 6.07) is 0. The average Bonchev–Trinajstić information content (AvgIpc) is 2.63. The first-order valence-electron chi connectivity index (χ1n) is 5.17. The van der Waals surface area contributed by atoms with Crippen LogP contribution in [0.1, 0.15) is 20.3 Å². The molecule has 1 N–H and O–H groups in total. The Labute approximate surface area is 84.1 Å². The highest BCUT2D eigenvalue weighted by Crippen LogP contribution is 2.68. The molecule has 0 aromatic rings. The number of allylic oxidation sites excluding steroid dienone is 1. The van der Waals surface area contributed by atoms with Crippen molar-refractivity contribution in [1.82, 2.24) is 5.32 Å². The summed E-state index contributed by atoms with van der Waals surface area (Å²) < 4.78 is 0. The van der Waals surface area contributed by atoms with E-state index in [0.29, 0.717) is 18.3 Å². The molecule has 2 nitrogen and oxygen atoms in total. The molecule has 14 heavy (non-hydrogen) atoms. The van der Waals surface area contributed by atoms with Crippen LogP contribution >= 0.6 is 0 Å². The fourth-order valence-electron chi connectivity index (χ4n) is 3.30. The molecule has 0 aromatic carbocycles. The number of carbonyl (C=O) groups is 1. The van der Waals surface area contributed by atoms with Gasteiger partial charge in [0.2, 0.25) is 5.91 Å². The molecule has 1 saturated carbocycles. The Kier molecular flexibility index (Phi) is 1.17. The molecular formula is C12H15NO. The maximum atomic E-state index is 11.7. The van der Waals surface area contributed by atoms with E-state index in [-0.39, 0.29) is 16.9 Å². The smallest absolute Gasteiger partial charge is 0.221 e. The third-order valence-corrected chi connectivity index (χ3v) is 4.34. The monoisotopic (exact) mass is 189 g/mol. The Morgan fingerprint density at radius 1 is 1.57 bits per heavy atom. The third kappa shape index (κ3) is 0.715. The molecule has 2 unspecified atom stereocenters. The summed E-state index contributed by atoms with van der Waals surface area (Å²) in [4.78, 5) is 11.7. The van der Waals surface area contributed by atoms with Gasteiger partial charge < -0.3 is 5.32 Å². The summed E-state index contributed by atoms with van der Waals surface area (Å²) in [5.41, 5.74) is 1.07. The number of nitrogens with one attached hydrogen (secondary N) is 1. The van der Waals surface area contributed by atoms with Gasteiger partial charge in [-0.3, -0.25) is 4.79 Å². The SMILES string of the molecule is C=C1C2C3C=C[C@]1(C)NC(=O)C[C@]32C. The number of amides is 1. The van der Waals surface area contributed by atoms with Gasteiger partial charge in [-0.2, -0.15) is 0 Å². The summed E-state index contributed by atoms with van der Waals surface area (Å²) >= 11 is 0. The minimum atomic E-state index is -0.285. The van der Waals surface area contributed by atoms with E-state index in [0.717, 1.165) is 0 Å². The van der Waals surface area contributed by atoms with Crippen molar-refractivity contribution in [3.8, 4) is 0 Å². The van der Waals surface area contributed by atoms with Crippen LogP contribution in [0.3, 0.4) is 0 Å². The lowest BCUT2D eigenvalue weighted by Gasteiger charge is -2.31. The van der Waals surface area contributed by atoms with Crippen LogP contribution in [-0.2, 0) is 4.79 Å². The van der Waals surface area contributed by atoms with Crippen molar-refractivity contribution in [3.63, 3.8) is 0 Å². The average molecular weight is 189 g/mol. The first-order chi connectivity index (χ1) is 6.47. The highest BCUT2D eigenvalue weighted by Gasteiger charge is 2.66. The van der Waals surface area contributed by atoms with Crippen LogP contribution in [0.2, 0.25) is 0 Å². The molecule has 1 heterocycles. The number of hydrogen-bond acceptors (Lipinski definition) is 1. The van der Waals surface area contributed by atoms with E-state index in [1.807, 2.05) is 6.92 Å². The van der Waals surface area contributed by atoms with Crippen molar-refractivity contribution in [1.29, 1.82) is 0 Å². The van der Waals surface area contributed by atoms with E-state index in [1.165, 1.54) is 5.57 Å². The number of fused-ring (bicyclic) bond motifs is 2. The van der Waals surface area contributed by atoms with E-state index < -0.39 is 0 Å². The van der Waals surface area contributed by atoms with Crippen molar-refractivity contribution in [2.24, 2.45) is 17.3 Å². The molecule has 2 heteroatoms. The Hall–Kier alpha value is -1.05. The molecule has 2 aliphatic carbocycles. The van der Waals surface area contributed by atoms with Crippen LogP contribution in [-0.4, -0.2) is 11.4 Å². The second kappa shape index (κ2) is 1.97. The highest BCUT2D eigenvalue weighted by molar-refractivity contribution is 5.81. The van der Waals surface area contributed by atoms with Crippen molar-refractivity contribution in [2.45, 2.75) is 25.8 Å². The van der Waals surface area contributed by atoms with Gasteiger partial charge in [0.05, 0.1) is 5.54 Å². The van der Waals surface area contributed by atoms with E-state index in [1.54, 1.807) is 0 Å². The van der Waals surface area contributed by atoms with E-state index in [9.17, 15) is 4.79 Å². The minimum Gasteiger partial charge on any atom is -0.344 e. The summed E-state index contributed by atoms with van der Waals surface area (Å²) in [6.07, 6.45) is 5.03. The maximum absolute atomic E-state index is 11.7. The molecule has 1 saturated heterocycles. The molecule has 0 spiro atoms. The predicted molar refractivity (Wildman–Crippen MR) is 54.5 cm³/mol. The zero-order valence-corrected chi connectivity index (χ0v) is 8.63. The molecule has 3 aliphatic rings. The molecule has 0 aromatic heterocycles. The molecule has 3 rings (SSSR count).